The quantitative estimate of drug-likeness (QED) is 0.875. The minimum atomic E-state index is -0.835. The van der Waals surface area contributed by atoms with E-state index in [9.17, 15) is 13.6 Å². The summed E-state index contributed by atoms with van der Waals surface area (Å²) in [5.74, 6) is -1.03. The summed E-state index contributed by atoms with van der Waals surface area (Å²) in [6.45, 7) is 2.05. The van der Waals surface area contributed by atoms with Crippen LogP contribution in [-0.2, 0) is 0 Å². The van der Waals surface area contributed by atoms with E-state index in [1.54, 1.807) is 12.3 Å². The van der Waals surface area contributed by atoms with Crippen LogP contribution in [0.15, 0.2) is 24.4 Å². The third-order valence-electron chi connectivity index (χ3n) is 5.00. The summed E-state index contributed by atoms with van der Waals surface area (Å²) in [6, 6.07) is 3.97. The number of hydrogen-bond donors (Lipinski definition) is 2. The highest BCUT2D eigenvalue weighted by Gasteiger charge is 2.30. The van der Waals surface area contributed by atoms with E-state index in [2.05, 4.69) is 15.5 Å². The summed E-state index contributed by atoms with van der Waals surface area (Å²) in [7, 11) is 0. The molecular formula is C18H20F2N4O. The zero-order valence-electron chi connectivity index (χ0n) is 13.8. The molecule has 0 radical (unpaired) electrons. The fourth-order valence-corrected chi connectivity index (χ4v) is 3.41. The first-order chi connectivity index (χ1) is 12.1. The lowest BCUT2D eigenvalue weighted by atomic mass is 10.1. The van der Waals surface area contributed by atoms with Gasteiger partial charge >= 0.3 is 0 Å². The van der Waals surface area contributed by atoms with Crippen LogP contribution >= 0.6 is 0 Å². The third-order valence-corrected chi connectivity index (χ3v) is 5.00. The van der Waals surface area contributed by atoms with Crippen LogP contribution in [0.25, 0.3) is 0 Å². The lowest BCUT2D eigenvalue weighted by molar-refractivity contribution is 0.0947. The van der Waals surface area contributed by atoms with Crippen LogP contribution in [0.3, 0.4) is 0 Å². The van der Waals surface area contributed by atoms with Gasteiger partial charge in [-0.25, -0.2) is 8.78 Å². The predicted octanol–water partition coefficient (Wildman–Crippen LogP) is 2.82. The number of benzene rings is 1. The lowest BCUT2D eigenvalue weighted by Crippen LogP contribution is -2.31. The van der Waals surface area contributed by atoms with Crippen molar-refractivity contribution in [1.29, 1.82) is 0 Å². The van der Waals surface area contributed by atoms with Crippen molar-refractivity contribution in [1.82, 2.24) is 15.5 Å². The molecule has 2 aliphatic rings. The average molecular weight is 346 g/mol. The highest BCUT2D eigenvalue weighted by molar-refractivity contribution is 5.95. The van der Waals surface area contributed by atoms with Gasteiger partial charge in [-0.05, 0) is 37.3 Å². The first-order valence-corrected chi connectivity index (χ1v) is 8.63. The van der Waals surface area contributed by atoms with Crippen molar-refractivity contribution < 1.29 is 13.6 Å². The van der Waals surface area contributed by atoms with Gasteiger partial charge in [-0.3, -0.25) is 9.89 Å². The fourth-order valence-electron chi connectivity index (χ4n) is 3.41. The van der Waals surface area contributed by atoms with E-state index in [1.165, 1.54) is 6.07 Å². The molecule has 1 atom stereocenters. The monoisotopic (exact) mass is 346 g/mol. The van der Waals surface area contributed by atoms with E-state index in [1.807, 2.05) is 4.90 Å². The highest BCUT2D eigenvalue weighted by Crippen LogP contribution is 2.40. The Kier molecular flexibility index (Phi) is 4.15. The molecule has 2 aromatic rings. The van der Waals surface area contributed by atoms with Crippen molar-refractivity contribution in [2.24, 2.45) is 5.92 Å². The molecule has 5 nitrogen and oxygen atoms in total. The number of aromatic amines is 1. The average Bonchev–Trinajstić information content (AvgIpc) is 3.14. The molecule has 2 heterocycles. The number of nitrogens with one attached hydrogen (secondary N) is 2. The molecule has 2 N–H and O–H groups in total. The Labute approximate surface area is 144 Å². The third kappa shape index (κ3) is 3.36. The molecule has 1 aliphatic carbocycles. The van der Waals surface area contributed by atoms with Crippen LogP contribution in [0.4, 0.5) is 14.5 Å². The molecule has 1 amide bonds. The Morgan fingerprint density at radius 3 is 2.88 bits per heavy atom. The summed E-state index contributed by atoms with van der Waals surface area (Å²) in [5.41, 5.74) is 2.25. The fraction of sp³-hybridized carbons (Fsp3) is 0.444. The van der Waals surface area contributed by atoms with Gasteiger partial charge in [-0.2, -0.15) is 5.10 Å². The molecule has 0 unspecified atom stereocenters. The number of amides is 1. The van der Waals surface area contributed by atoms with Gasteiger partial charge in [0.1, 0.15) is 0 Å². The van der Waals surface area contributed by atoms with E-state index < -0.39 is 11.6 Å². The van der Waals surface area contributed by atoms with Crippen molar-refractivity contribution >= 4 is 11.6 Å². The number of anilines is 1. The van der Waals surface area contributed by atoms with Gasteiger partial charge < -0.3 is 10.2 Å². The number of aromatic nitrogens is 2. The molecule has 1 aromatic carbocycles. The second-order valence-corrected chi connectivity index (χ2v) is 6.88. The van der Waals surface area contributed by atoms with Gasteiger partial charge in [0.25, 0.3) is 5.91 Å². The summed E-state index contributed by atoms with van der Waals surface area (Å²) < 4.78 is 26.4. The van der Waals surface area contributed by atoms with Crippen molar-refractivity contribution in [3.8, 4) is 0 Å². The van der Waals surface area contributed by atoms with Crippen LogP contribution in [0, 0.1) is 17.6 Å². The van der Waals surface area contributed by atoms with Gasteiger partial charge in [0.15, 0.2) is 11.6 Å². The maximum atomic E-state index is 13.4. The first kappa shape index (κ1) is 16.1. The van der Waals surface area contributed by atoms with Crippen molar-refractivity contribution in [3.05, 3.63) is 47.3 Å². The molecule has 2 fully saturated rings. The molecule has 1 saturated heterocycles. The summed E-state index contributed by atoms with van der Waals surface area (Å²) in [6.07, 6.45) is 4.70. The van der Waals surface area contributed by atoms with Crippen LogP contribution in [0.5, 0.6) is 0 Å². The maximum absolute atomic E-state index is 13.4. The second-order valence-electron chi connectivity index (χ2n) is 6.88. The lowest BCUT2D eigenvalue weighted by Gasteiger charge is -2.19. The molecule has 0 bridgehead atoms. The van der Waals surface area contributed by atoms with Gasteiger partial charge in [-0.1, -0.05) is 0 Å². The van der Waals surface area contributed by atoms with Crippen LogP contribution in [0.1, 0.15) is 41.2 Å². The molecule has 1 saturated carbocycles. The molecule has 132 valence electrons. The molecule has 0 spiro atoms. The van der Waals surface area contributed by atoms with Gasteiger partial charge in [0, 0.05) is 37.3 Å². The van der Waals surface area contributed by atoms with Crippen LogP contribution in [-0.4, -0.2) is 35.7 Å². The van der Waals surface area contributed by atoms with Gasteiger partial charge in [0.2, 0.25) is 0 Å². The van der Waals surface area contributed by atoms with E-state index in [0.717, 1.165) is 37.6 Å². The smallest absolute Gasteiger partial charge is 0.254 e. The molecule has 1 aliphatic heterocycles. The Balaban J connectivity index is 1.32. The minimum Gasteiger partial charge on any atom is -0.371 e. The zero-order valence-corrected chi connectivity index (χ0v) is 13.8. The standard InChI is InChI=1S/C18H20F2N4O/c19-15-4-3-13(7-16(15)20)24-6-5-11(10-24)8-21-18(25)14-9-22-23-17(14)12-1-2-12/h3-4,7,9,11-12H,1-2,5-6,8,10H2,(H,21,25)(H,22,23)/t11-/m1/s1. The Hall–Kier alpha value is -2.44. The summed E-state index contributed by atoms with van der Waals surface area (Å²) in [5, 5.41) is 9.90. The SMILES string of the molecule is O=C(NC[C@H]1CCN(c2ccc(F)c(F)c2)C1)c1cn[nH]c1C1CC1. The number of H-pyrrole nitrogens is 1. The Bertz CT molecular complexity index is 787. The predicted molar refractivity (Wildman–Crippen MR) is 89.6 cm³/mol. The number of halogens is 2. The van der Waals surface area contributed by atoms with Crippen molar-refractivity contribution in [2.45, 2.75) is 25.2 Å². The Morgan fingerprint density at radius 2 is 2.12 bits per heavy atom. The summed E-state index contributed by atoms with van der Waals surface area (Å²) >= 11 is 0. The van der Waals surface area contributed by atoms with E-state index in [-0.39, 0.29) is 11.8 Å². The van der Waals surface area contributed by atoms with Gasteiger partial charge in [-0.15, -0.1) is 0 Å². The van der Waals surface area contributed by atoms with E-state index in [0.29, 0.717) is 30.3 Å². The van der Waals surface area contributed by atoms with Crippen LogP contribution in [0.2, 0.25) is 0 Å². The Morgan fingerprint density at radius 1 is 1.28 bits per heavy atom. The maximum Gasteiger partial charge on any atom is 0.254 e. The molecule has 1 aromatic heterocycles. The molecule has 25 heavy (non-hydrogen) atoms. The number of rotatable bonds is 5. The first-order valence-electron chi connectivity index (χ1n) is 8.63. The number of hydrogen-bond acceptors (Lipinski definition) is 3. The minimum absolute atomic E-state index is 0.0954. The normalized spacial score (nSPS) is 20.1. The molecule has 7 heteroatoms. The number of carbonyl (C=O) groups excluding carboxylic acids is 1. The molecular weight excluding hydrogens is 326 g/mol. The number of nitrogens with zero attached hydrogens (tertiary/aromatic N) is 2. The van der Waals surface area contributed by atoms with Crippen LogP contribution < -0.4 is 10.2 Å². The van der Waals surface area contributed by atoms with Crippen molar-refractivity contribution in [3.63, 3.8) is 0 Å². The number of carbonyl (C=O) groups is 1. The summed E-state index contributed by atoms with van der Waals surface area (Å²) in [4.78, 5) is 14.4. The second kappa shape index (κ2) is 6.46. The zero-order chi connectivity index (χ0) is 17.4. The van der Waals surface area contributed by atoms with Crippen molar-refractivity contribution in [2.75, 3.05) is 24.5 Å². The highest BCUT2D eigenvalue weighted by atomic mass is 19.2. The van der Waals surface area contributed by atoms with E-state index >= 15 is 0 Å². The van der Waals surface area contributed by atoms with E-state index in [4.69, 9.17) is 0 Å². The molecule has 4 rings (SSSR count). The topological polar surface area (TPSA) is 61.0 Å². The largest absolute Gasteiger partial charge is 0.371 e. The van der Waals surface area contributed by atoms with Gasteiger partial charge in [0.05, 0.1) is 17.5 Å².